The molecule has 0 saturated carbocycles. The van der Waals surface area contributed by atoms with Gasteiger partial charge in [-0.3, -0.25) is 14.6 Å². The van der Waals surface area contributed by atoms with Crippen LogP contribution < -0.4 is 0 Å². The highest BCUT2D eigenvalue weighted by atomic mass is 19.1. The lowest BCUT2D eigenvalue weighted by atomic mass is 9.73. The Labute approximate surface area is 191 Å². The zero-order valence-corrected chi connectivity index (χ0v) is 18.0. The van der Waals surface area contributed by atoms with Gasteiger partial charge in [-0.1, -0.05) is 42.5 Å². The van der Waals surface area contributed by atoms with E-state index in [4.69, 9.17) is 0 Å². The van der Waals surface area contributed by atoms with E-state index < -0.39 is 0 Å². The van der Waals surface area contributed by atoms with E-state index in [1.54, 1.807) is 34.3 Å². The number of benzene rings is 2. The number of aliphatic hydroxyl groups excluding tert-OH is 1. The SMILES string of the molecule is O=C(Cc1cccnc1)N1CC(=O)N2[C@H](C1)[C@H](c1ccc(-c3cccc(F)c3)cc1)[C@@H]2CO. The average molecular weight is 445 g/mol. The van der Waals surface area contributed by atoms with Crippen molar-refractivity contribution in [2.75, 3.05) is 19.7 Å². The number of carbonyl (C=O) groups is 2. The lowest BCUT2D eigenvalue weighted by Gasteiger charge is -2.58. The first-order valence-corrected chi connectivity index (χ1v) is 11.0. The number of hydrogen-bond donors (Lipinski definition) is 1. The van der Waals surface area contributed by atoms with Crippen LogP contribution in [0.4, 0.5) is 4.39 Å². The number of aliphatic hydroxyl groups is 1. The maximum atomic E-state index is 13.6. The van der Waals surface area contributed by atoms with E-state index in [-0.39, 0.29) is 55.2 Å². The average Bonchev–Trinajstić information content (AvgIpc) is 2.81. The van der Waals surface area contributed by atoms with E-state index >= 15 is 0 Å². The van der Waals surface area contributed by atoms with Crippen LogP contribution in [0.1, 0.15) is 17.0 Å². The monoisotopic (exact) mass is 445 g/mol. The summed E-state index contributed by atoms with van der Waals surface area (Å²) in [5.41, 5.74) is 3.48. The van der Waals surface area contributed by atoms with Gasteiger partial charge in [-0.2, -0.15) is 0 Å². The molecule has 6 nitrogen and oxygen atoms in total. The summed E-state index contributed by atoms with van der Waals surface area (Å²) in [5.74, 6) is -0.612. The van der Waals surface area contributed by atoms with E-state index in [1.165, 1.54) is 12.1 Å². The number of halogens is 1. The van der Waals surface area contributed by atoms with E-state index in [1.807, 2.05) is 36.4 Å². The third-order valence-corrected chi connectivity index (χ3v) is 6.64. The third kappa shape index (κ3) is 4.00. The van der Waals surface area contributed by atoms with Crippen molar-refractivity contribution >= 4 is 11.8 Å². The molecule has 0 unspecified atom stereocenters. The minimum Gasteiger partial charge on any atom is -0.394 e. The standard InChI is InChI=1S/C26H24FN3O3/c27-21-5-1-4-20(12-21)18-6-8-19(9-7-18)26-22-14-29(15-25(33)30(22)23(26)16-31)24(32)11-17-3-2-10-28-13-17/h1-10,12-13,22-23,26,31H,11,14-16H2/t22-,23+,26+/m1/s1. The van der Waals surface area contributed by atoms with E-state index in [2.05, 4.69) is 4.98 Å². The number of piperazine rings is 1. The van der Waals surface area contributed by atoms with Gasteiger partial charge in [-0.25, -0.2) is 4.39 Å². The molecule has 2 aliphatic rings. The fourth-order valence-electron chi connectivity index (χ4n) is 5.04. The van der Waals surface area contributed by atoms with Crippen LogP contribution in [-0.2, 0) is 16.0 Å². The van der Waals surface area contributed by atoms with Crippen molar-refractivity contribution in [3.05, 3.63) is 90.0 Å². The first-order valence-electron chi connectivity index (χ1n) is 11.0. The molecule has 2 fully saturated rings. The predicted molar refractivity (Wildman–Crippen MR) is 121 cm³/mol. The first kappa shape index (κ1) is 21.3. The van der Waals surface area contributed by atoms with Gasteiger partial charge in [-0.15, -0.1) is 0 Å². The quantitative estimate of drug-likeness (QED) is 0.655. The number of pyridine rings is 1. The van der Waals surface area contributed by atoms with Crippen molar-refractivity contribution < 1.29 is 19.1 Å². The second-order valence-corrected chi connectivity index (χ2v) is 8.59. The molecule has 0 aliphatic carbocycles. The molecular weight excluding hydrogens is 421 g/mol. The Balaban J connectivity index is 1.35. The fourth-order valence-corrected chi connectivity index (χ4v) is 5.04. The minimum atomic E-state index is -0.307. The second-order valence-electron chi connectivity index (χ2n) is 8.59. The Bertz CT molecular complexity index is 1170. The molecule has 2 aliphatic heterocycles. The summed E-state index contributed by atoms with van der Waals surface area (Å²) in [6.07, 6.45) is 3.51. The largest absolute Gasteiger partial charge is 0.394 e. The van der Waals surface area contributed by atoms with E-state index in [9.17, 15) is 19.1 Å². The van der Waals surface area contributed by atoms with Crippen molar-refractivity contribution in [1.82, 2.24) is 14.8 Å². The maximum absolute atomic E-state index is 13.6. The van der Waals surface area contributed by atoms with Crippen molar-refractivity contribution in [3.8, 4) is 11.1 Å². The Morgan fingerprint density at radius 1 is 1.09 bits per heavy atom. The van der Waals surface area contributed by atoms with Crippen LogP contribution in [0.25, 0.3) is 11.1 Å². The summed E-state index contributed by atoms with van der Waals surface area (Å²) in [4.78, 5) is 33.1. The van der Waals surface area contributed by atoms with Crippen molar-refractivity contribution in [3.63, 3.8) is 0 Å². The summed E-state index contributed by atoms with van der Waals surface area (Å²) in [7, 11) is 0. The van der Waals surface area contributed by atoms with Crippen LogP contribution in [0.15, 0.2) is 73.1 Å². The van der Waals surface area contributed by atoms with Gasteiger partial charge < -0.3 is 14.9 Å². The molecule has 0 bridgehead atoms. The molecular formula is C26H24FN3O3. The Kier molecular flexibility index (Phi) is 5.64. The molecule has 3 atom stereocenters. The molecule has 2 saturated heterocycles. The van der Waals surface area contributed by atoms with E-state index in [0.29, 0.717) is 6.54 Å². The summed E-state index contributed by atoms with van der Waals surface area (Å²) >= 11 is 0. The topological polar surface area (TPSA) is 73.7 Å². The number of carbonyl (C=O) groups excluding carboxylic acids is 2. The van der Waals surface area contributed by atoms with Gasteiger partial charge in [0.25, 0.3) is 0 Å². The Morgan fingerprint density at radius 3 is 2.61 bits per heavy atom. The normalized spacial score (nSPS) is 22.0. The predicted octanol–water partition coefficient (Wildman–Crippen LogP) is 2.63. The number of amides is 2. The van der Waals surface area contributed by atoms with Gasteiger partial charge in [-0.05, 0) is 40.5 Å². The zero-order chi connectivity index (χ0) is 22.9. The minimum absolute atomic E-state index is 0.0251. The summed E-state index contributed by atoms with van der Waals surface area (Å²) in [6.45, 7) is 0.317. The molecule has 1 aromatic heterocycles. The number of rotatable bonds is 5. The van der Waals surface area contributed by atoms with Crippen molar-refractivity contribution in [2.24, 2.45) is 0 Å². The maximum Gasteiger partial charge on any atom is 0.242 e. The lowest BCUT2D eigenvalue weighted by molar-refractivity contribution is -0.166. The van der Waals surface area contributed by atoms with Crippen molar-refractivity contribution in [2.45, 2.75) is 24.4 Å². The number of aromatic nitrogens is 1. The number of nitrogens with zero attached hydrogens (tertiary/aromatic N) is 3. The van der Waals surface area contributed by atoms with Crippen LogP contribution in [-0.4, -0.2) is 63.5 Å². The molecule has 2 amide bonds. The molecule has 5 rings (SSSR count). The van der Waals surface area contributed by atoms with Crippen LogP contribution >= 0.6 is 0 Å². The number of fused-ring (bicyclic) bond motifs is 1. The van der Waals surface area contributed by atoms with E-state index in [0.717, 1.165) is 22.3 Å². The highest BCUT2D eigenvalue weighted by Crippen LogP contribution is 2.43. The van der Waals surface area contributed by atoms with Gasteiger partial charge in [0.2, 0.25) is 11.8 Å². The zero-order valence-electron chi connectivity index (χ0n) is 18.0. The molecule has 0 spiro atoms. The highest BCUT2D eigenvalue weighted by Gasteiger charge is 2.54. The molecule has 2 aromatic carbocycles. The second kappa shape index (κ2) is 8.75. The van der Waals surface area contributed by atoms with Gasteiger partial charge in [0, 0.05) is 24.9 Å². The number of hydrogen-bond acceptors (Lipinski definition) is 4. The van der Waals surface area contributed by atoms with Crippen LogP contribution in [0.5, 0.6) is 0 Å². The smallest absolute Gasteiger partial charge is 0.242 e. The Hall–Kier alpha value is -3.58. The van der Waals surface area contributed by atoms with Crippen molar-refractivity contribution in [1.29, 1.82) is 0 Å². The van der Waals surface area contributed by atoms with Crippen LogP contribution in [0, 0.1) is 5.82 Å². The van der Waals surface area contributed by atoms with Crippen LogP contribution in [0.2, 0.25) is 0 Å². The molecule has 0 radical (unpaired) electrons. The molecule has 7 heteroatoms. The summed E-state index contributed by atoms with van der Waals surface area (Å²) in [6, 6.07) is 17.4. The lowest BCUT2D eigenvalue weighted by Crippen LogP contribution is -2.73. The van der Waals surface area contributed by atoms with Gasteiger partial charge in [0.15, 0.2) is 0 Å². The molecule has 1 N–H and O–H groups in total. The molecule has 33 heavy (non-hydrogen) atoms. The van der Waals surface area contributed by atoms with Gasteiger partial charge in [0.1, 0.15) is 5.82 Å². The first-order chi connectivity index (χ1) is 16.0. The Morgan fingerprint density at radius 2 is 1.91 bits per heavy atom. The van der Waals surface area contributed by atoms with Crippen LogP contribution in [0.3, 0.4) is 0 Å². The fraction of sp³-hybridized carbons (Fsp3) is 0.269. The highest BCUT2D eigenvalue weighted by molar-refractivity contribution is 5.88. The van der Waals surface area contributed by atoms with Gasteiger partial charge >= 0.3 is 0 Å². The molecule has 3 aromatic rings. The van der Waals surface area contributed by atoms with Gasteiger partial charge in [0.05, 0.1) is 31.7 Å². The third-order valence-electron chi connectivity index (χ3n) is 6.64. The summed E-state index contributed by atoms with van der Waals surface area (Å²) < 4.78 is 13.6. The summed E-state index contributed by atoms with van der Waals surface area (Å²) in [5, 5.41) is 9.98. The molecule has 168 valence electrons. The molecule has 3 heterocycles.